The van der Waals surface area contributed by atoms with Crippen molar-refractivity contribution >= 4 is 32.5 Å². The highest BCUT2D eigenvalue weighted by molar-refractivity contribution is 7.93. The fraction of sp³-hybridized carbons (Fsp3) is 0.385. The van der Waals surface area contributed by atoms with Crippen LogP contribution in [0.15, 0.2) is 29.0 Å². The molecule has 1 heterocycles. The lowest BCUT2D eigenvalue weighted by atomic mass is 9.83. The van der Waals surface area contributed by atoms with Gasteiger partial charge in [0.05, 0.1) is 5.69 Å². The van der Waals surface area contributed by atoms with Crippen molar-refractivity contribution < 1.29 is 17.6 Å². The first kappa shape index (κ1) is 13.1. The first-order chi connectivity index (χ1) is 9.44. The maximum atomic E-state index is 12.4. The zero-order valence-electron chi connectivity index (χ0n) is 10.9. The number of carbonyl (C=O) groups is 1. The van der Waals surface area contributed by atoms with Crippen molar-refractivity contribution in [2.24, 2.45) is 0 Å². The van der Waals surface area contributed by atoms with E-state index >= 15 is 0 Å². The molecule has 0 saturated heterocycles. The van der Waals surface area contributed by atoms with Gasteiger partial charge < -0.3 is 9.73 Å². The van der Waals surface area contributed by atoms with Gasteiger partial charge in [0.2, 0.25) is 5.91 Å². The quantitative estimate of drug-likeness (QED) is 0.931. The van der Waals surface area contributed by atoms with Gasteiger partial charge in [-0.2, -0.15) is 0 Å². The third kappa shape index (κ3) is 1.81. The van der Waals surface area contributed by atoms with Crippen LogP contribution in [0.5, 0.6) is 0 Å². The molecule has 6 nitrogen and oxygen atoms in total. The number of hydrogen-bond acceptors (Lipinski definition) is 5. The molecule has 0 unspecified atom stereocenters. The monoisotopic (exact) mass is 294 g/mol. The number of carbonyl (C=O) groups excluding carboxylic acids is 1. The maximum Gasteiger partial charge on any atom is 0.245 e. The number of amides is 1. The summed E-state index contributed by atoms with van der Waals surface area (Å²) in [5.41, 5.74) is 1.53. The summed E-state index contributed by atoms with van der Waals surface area (Å²) in [6, 6.07) is 5.13. The van der Waals surface area contributed by atoms with Gasteiger partial charge in [-0.3, -0.25) is 4.79 Å². The second-order valence-corrected chi connectivity index (χ2v) is 7.40. The molecule has 1 N–H and O–H groups in total. The molecule has 1 aliphatic carbocycles. The summed E-state index contributed by atoms with van der Waals surface area (Å²) in [5, 5.41) is 2.68. The van der Waals surface area contributed by atoms with E-state index in [1.54, 1.807) is 18.2 Å². The standard InChI is InChI=1S/C13H14N2O4S/c1-20(17,18)13(6-3-7-13)12(16)15-9-4-2-5-10-11(9)14-8-19-10/h2,4-5,8H,3,6-7H2,1H3,(H,15,16). The number of anilines is 1. The summed E-state index contributed by atoms with van der Waals surface area (Å²) in [7, 11) is -3.44. The molecule has 1 fully saturated rings. The number of nitrogens with zero attached hydrogens (tertiary/aromatic N) is 1. The topological polar surface area (TPSA) is 89.3 Å². The Morgan fingerprint density at radius 2 is 2.15 bits per heavy atom. The normalized spacial score (nSPS) is 17.6. The van der Waals surface area contributed by atoms with Crippen LogP contribution >= 0.6 is 0 Å². The van der Waals surface area contributed by atoms with Crippen LogP contribution in [0.4, 0.5) is 5.69 Å². The van der Waals surface area contributed by atoms with Crippen LogP contribution in [-0.4, -0.2) is 30.3 Å². The lowest BCUT2D eigenvalue weighted by Gasteiger charge is -2.38. The van der Waals surface area contributed by atoms with E-state index in [1.807, 2.05) is 0 Å². The molecule has 1 aliphatic rings. The number of sulfone groups is 1. The molecule has 2 aromatic rings. The average Bonchev–Trinajstić information content (AvgIpc) is 2.74. The summed E-state index contributed by atoms with van der Waals surface area (Å²) < 4.78 is 27.6. The first-order valence-electron chi connectivity index (χ1n) is 6.27. The number of fused-ring (bicyclic) bond motifs is 1. The van der Waals surface area contributed by atoms with E-state index < -0.39 is 20.5 Å². The van der Waals surface area contributed by atoms with E-state index in [9.17, 15) is 13.2 Å². The van der Waals surface area contributed by atoms with Crippen LogP contribution in [-0.2, 0) is 14.6 Å². The Morgan fingerprint density at radius 3 is 2.75 bits per heavy atom. The lowest BCUT2D eigenvalue weighted by molar-refractivity contribution is -0.120. The Balaban J connectivity index is 1.95. The number of oxazole rings is 1. The highest BCUT2D eigenvalue weighted by Gasteiger charge is 2.52. The van der Waals surface area contributed by atoms with Gasteiger partial charge in [-0.25, -0.2) is 13.4 Å². The van der Waals surface area contributed by atoms with E-state index in [2.05, 4.69) is 10.3 Å². The Morgan fingerprint density at radius 1 is 1.40 bits per heavy atom. The third-order valence-corrected chi connectivity index (χ3v) is 5.91. The average molecular weight is 294 g/mol. The minimum atomic E-state index is -3.44. The van der Waals surface area contributed by atoms with Crippen molar-refractivity contribution in [2.75, 3.05) is 11.6 Å². The number of rotatable bonds is 3. The molecule has 1 amide bonds. The summed E-state index contributed by atoms with van der Waals surface area (Å²) in [5.74, 6) is -0.484. The van der Waals surface area contributed by atoms with Crippen LogP contribution in [0.25, 0.3) is 11.1 Å². The largest absolute Gasteiger partial charge is 0.443 e. The van der Waals surface area contributed by atoms with Gasteiger partial charge in [0.15, 0.2) is 26.6 Å². The number of benzene rings is 1. The smallest absolute Gasteiger partial charge is 0.245 e. The summed E-state index contributed by atoms with van der Waals surface area (Å²) in [4.78, 5) is 16.4. The maximum absolute atomic E-state index is 12.4. The van der Waals surface area contributed by atoms with Crippen LogP contribution in [0, 0.1) is 0 Å². The fourth-order valence-electron chi connectivity index (χ4n) is 2.49. The summed E-state index contributed by atoms with van der Waals surface area (Å²) >= 11 is 0. The third-order valence-electron chi connectivity index (χ3n) is 3.89. The van der Waals surface area contributed by atoms with Crippen molar-refractivity contribution in [3.63, 3.8) is 0 Å². The van der Waals surface area contributed by atoms with Crippen molar-refractivity contribution in [3.8, 4) is 0 Å². The van der Waals surface area contributed by atoms with Gasteiger partial charge in [0.1, 0.15) is 5.52 Å². The Bertz CT molecular complexity index is 775. The van der Waals surface area contributed by atoms with Gasteiger partial charge in [-0.1, -0.05) is 6.07 Å². The SMILES string of the molecule is CS(=O)(=O)C1(C(=O)Nc2cccc3ocnc23)CCC1. The molecule has 0 spiro atoms. The Kier molecular flexibility index (Phi) is 2.82. The summed E-state index contributed by atoms with van der Waals surface area (Å²) in [6.45, 7) is 0. The van der Waals surface area contributed by atoms with Crippen molar-refractivity contribution in [1.82, 2.24) is 4.98 Å². The van der Waals surface area contributed by atoms with Gasteiger partial charge >= 0.3 is 0 Å². The Labute approximate surface area is 116 Å². The molecule has 106 valence electrons. The zero-order valence-corrected chi connectivity index (χ0v) is 11.7. The van der Waals surface area contributed by atoms with E-state index in [0.717, 1.165) is 12.7 Å². The molecule has 0 bridgehead atoms. The van der Waals surface area contributed by atoms with Gasteiger partial charge in [0.25, 0.3) is 0 Å². The molecular weight excluding hydrogens is 280 g/mol. The first-order valence-corrected chi connectivity index (χ1v) is 8.16. The number of nitrogens with one attached hydrogen (secondary N) is 1. The van der Waals surface area contributed by atoms with Gasteiger partial charge in [-0.05, 0) is 31.4 Å². The van der Waals surface area contributed by atoms with Crippen LogP contribution in [0.1, 0.15) is 19.3 Å². The highest BCUT2D eigenvalue weighted by Crippen LogP contribution is 2.40. The molecule has 3 rings (SSSR count). The predicted molar refractivity (Wildman–Crippen MR) is 74.1 cm³/mol. The number of aromatic nitrogens is 1. The molecule has 7 heteroatoms. The predicted octanol–water partition coefficient (Wildman–Crippen LogP) is 1.73. The second kappa shape index (κ2) is 4.31. The molecule has 20 heavy (non-hydrogen) atoms. The lowest BCUT2D eigenvalue weighted by Crippen LogP contribution is -2.54. The van der Waals surface area contributed by atoms with Gasteiger partial charge in [0, 0.05) is 6.26 Å². The number of hydrogen-bond donors (Lipinski definition) is 1. The van der Waals surface area contributed by atoms with Gasteiger partial charge in [-0.15, -0.1) is 0 Å². The molecule has 1 aromatic carbocycles. The second-order valence-electron chi connectivity index (χ2n) is 5.08. The van der Waals surface area contributed by atoms with Crippen molar-refractivity contribution in [1.29, 1.82) is 0 Å². The minimum Gasteiger partial charge on any atom is -0.443 e. The molecule has 0 aliphatic heterocycles. The zero-order chi connectivity index (χ0) is 14.4. The highest BCUT2D eigenvalue weighted by atomic mass is 32.2. The van der Waals surface area contributed by atoms with Crippen LogP contribution < -0.4 is 5.32 Å². The minimum absolute atomic E-state index is 0.368. The fourth-order valence-corrected chi connectivity index (χ4v) is 3.91. The van der Waals surface area contributed by atoms with Crippen LogP contribution in [0.3, 0.4) is 0 Å². The van der Waals surface area contributed by atoms with Crippen molar-refractivity contribution in [3.05, 3.63) is 24.6 Å². The van der Waals surface area contributed by atoms with Crippen molar-refractivity contribution in [2.45, 2.75) is 24.0 Å². The van der Waals surface area contributed by atoms with E-state index in [0.29, 0.717) is 29.6 Å². The molecule has 0 atom stereocenters. The molecule has 1 aromatic heterocycles. The van der Waals surface area contributed by atoms with Crippen LogP contribution in [0.2, 0.25) is 0 Å². The van der Waals surface area contributed by atoms with E-state index in [1.165, 1.54) is 6.39 Å². The van der Waals surface area contributed by atoms with E-state index in [4.69, 9.17) is 4.42 Å². The Hall–Kier alpha value is -1.89. The van der Waals surface area contributed by atoms with E-state index in [-0.39, 0.29) is 0 Å². The summed E-state index contributed by atoms with van der Waals surface area (Å²) in [6.07, 6.45) is 3.88. The molecule has 1 saturated carbocycles. The number of para-hydroxylation sites is 1. The molecular formula is C13H14N2O4S. The molecule has 0 radical (unpaired) electrons.